The second-order valence-corrected chi connectivity index (χ2v) is 5.46. The number of rotatable bonds is 3. The van der Waals surface area contributed by atoms with Gasteiger partial charge in [0.2, 0.25) is 0 Å². The van der Waals surface area contributed by atoms with Crippen molar-refractivity contribution in [3.8, 4) is 11.5 Å². The molecule has 22 heavy (non-hydrogen) atoms. The Bertz CT molecular complexity index is 679. The molecule has 4 heteroatoms. The Labute approximate surface area is 129 Å². The summed E-state index contributed by atoms with van der Waals surface area (Å²) in [7, 11) is 1.60. The van der Waals surface area contributed by atoms with Gasteiger partial charge in [0.25, 0.3) is 0 Å². The third kappa shape index (κ3) is 2.77. The van der Waals surface area contributed by atoms with Crippen LogP contribution in [0.25, 0.3) is 0 Å². The van der Waals surface area contributed by atoms with Crippen LogP contribution in [0.4, 0.5) is 5.69 Å². The number of hydrogen-bond donors (Lipinski definition) is 1. The van der Waals surface area contributed by atoms with Gasteiger partial charge < -0.3 is 15.2 Å². The molecule has 1 unspecified atom stereocenters. The van der Waals surface area contributed by atoms with E-state index in [0.29, 0.717) is 5.75 Å². The maximum absolute atomic E-state index is 12.5. The number of methoxy groups -OCH3 is 1. The van der Waals surface area contributed by atoms with E-state index in [9.17, 15) is 4.79 Å². The van der Waals surface area contributed by atoms with Gasteiger partial charge in [-0.15, -0.1) is 0 Å². The van der Waals surface area contributed by atoms with Crippen LogP contribution in [0.1, 0.15) is 29.9 Å². The van der Waals surface area contributed by atoms with Crippen LogP contribution in [0.15, 0.2) is 42.5 Å². The molecule has 2 aromatic carbocycles. The fourth-order valence-corrected chi connectivity index (χ4v) is 2.95. The van der Waals surface area contributed by atoms with E-state index < -0.39 is 0 Å². The van der Waals surface area contributed by atoms with Gasteiger partial charge in [0, 0.05) is 5.69 Å². The van der Waals surface area contributed by atoms with Crippen molar-refractivity contribution in [1.82, 2.24) is 0 Å². The standard InChI is InChI=1S/C18H19NO3/c1-21-12-8-10-13(11-9-12)22-18(20)16-6-2-5-15-14(16)4-3-7-17(15)19/h3-4,7-11,16H,2,5-6,19H2,1H3. The minimum absolute atomic E-state index is 0.225. The molecule has 0 radical (unpaired) electrons. The monoisotopic (exact) mass is 297 g/mol. The molecule has 0 amide bonds. The quantitative estimate of drug-likeness (QED) is 0.536. The first-order valence-electron chi connectivity index (χ1n) is 7.42. The number of esters is 1. The molecule has 3 rings (SSSR count). The molecule has 0 aliphatic heterocycles. The lowest BCUT2D eigenvalue weighted by Gasteiger charge is -2.25. The Morgan fingerprint density at radius 1 is 1.14 bits per heavy atom. The van der Waals surface area contributed by atoms with E-state index in [0.717, 1.165) is 41.8 Å². The summed E-state index contributed by atoms with van der Waals surface area (Å²) >= 11 is 0. The normalized spacial score (nSPS) is 16.7. The van der Waals surface area contributed by atoms with Gasteiger partial charge in [-0.25, -0.2) is 0 Å². The van der Waals surface area contributed by atoms with E-state index in [1.165, 1.54) is 0 Å². The Kier molecular flexibility index (Phi) is 4.00. The molecular formula is C18H19NO3. The Morgan fingerprint density at radius 2 is 1.86 bits per heavy atom. The summed E-state index contributed by atoms with van der Waals surface area (Å²) in [5.41, 5.74) is 8.88. The molecule has 2 aromatic rings. The second-order valence-electron chi connectivity index (χ2n) is 5.46. The molecule has 0 heterocycles. The zero-order valence-corrected chi connectivity index (χ0v) is 12.5. The summed E-state index contributed by atoms with van der Waals surface area (Å²) in [6.07, 6.45) is 2.67. The van der Waals surface area contributed by atoms with Crippen molar-refractivity contribution in [3.63, 3.8) is 0 Å². The average molecular weight is 297 g/mol. The predicted molar refractivity (Wildman–Crippen MR) is 85.2 cm³/mol. The lowest BCUT2D eigenvalue weighted by atomic mass is 9.82. The maximum atomic E-state index is 12.5. The fourth-order valence-electron chi connectivity index (χ4n) is 2.95. The van der Waals surface area contributed by atoms with Gasteiger partial charge in [-0.1, -0.05) is 12.1 Å². The minimum atomic E-state index is -0.241. The van der Waals surface area contributed by atoms with E-state index in [1.54, 1.807) is 31.4 Å². The van der Waals surface area contributed by atoms with Gasteiger partial charge in [-0.2, -0.15) is 0 Å². The van der Waals surface area contributed by atoms with Crippen LogP contribution >= 0.6 is 0 Å². The highest BCUT2D eigenvalue weighted by Crippen LogP contribution is 2.35. The van der Waals surface area contributed by atoms with Crippen LogP contribution in [0, 0.1) is 0 Å². The number of anilines is 1. The fraction of sp³-hybridized carbons (Fsp3) is 0.278. The average Bonchev–Trinajstić information content (AvgIpc) is 2.55. The minimum Gasteiger partial charge on any atom is -0.497 e. The number of fused-ring (bicyclic) bond motifs is 1. The van der Waals surface area contributed by atoms with Crippen LogP contribution in [-0.2, 0) is 11.2 Å². The van der Waals surface area contributed by atoms with Crippen LogP contribution in [0.5, 0.6) is 11.5 Å². The smallest absolute Gasteiger partial charge is 0.318 e. The largest absolute Gasteiger partial charge is 0.497 e. The van der Waals surface area contributed by atoms with Crippen molar-refractivity contribution in [2.75, 3.05) is 12.8 Å². The van der Waals surface area contributed by atoms with E-state index in [-0.39, 0.29) is 11.9 Å². The van der Waals surface area contributed by atoms with Crippen LogP contribution in [0.3, 0.4) is 0 Å². The lowest BCUT2D eigenvalue weighted by molar-refractivity contribution is -0.136. The summed E-state index contributed by atoms with van der Waals surface area (Å²) in [5, 5.41) is 0. The second kappa shape index (κ2) is 6.10. The molecule has 0 saturated heterocycles. The molecule has 0 bridgehead atoms. The van der Waals surface area contributed by atoms with E-state index in [4.69, 9.17) is 15.2 Å². The van der Waals surface area contributed by atoms with Gasteiger partial charge in [0.05, 0.1) is 13.0 Å². The van der Waals surface area contributed by atoms with Gasteiger partial charge >= 0.3 is 5.97 Å². The third-order valence-corrected chi connectivity index (χ3v) is 4.11. The molecule has 0 spiro atoms. The SMILES string of the molecule is COc1ccc(OC(=O)C2CCCc3c(N)cccc32)cc1. The van der Waals surface area contributed by atoms with Gasteiger partial charge in [0.15, 0.2) is 0 Å². The van der Waals surface area contributed by atoms with E-state index in [2.05, 4.69) is 0 Å². The summed E-state index contributed by atoms with van der Waals surface area (Å²) in [5.74, 6) is 0.795. The van der Waals surface area contributed by atoms with Gasteiger partial charge in [-0.3, -0.25) is 4.79 Å². The maximum Gasteiger partial charge on any atom is 0.318 e. The summed E-state index contributed by atoms with van der Waals surface area (Å²) in [6.45, 7) is 0. The molecule has 1 aliphatic rings. The highest BCUT2D eigenvalue weighted by Gasteiger charge is 2.29. The van der Waals surface area contributed by atoms with Crippen molar-refractivity contribution in [2.24, 2.45) is 0 Å². The first-order valence-corrected chi connectivity index (χ1v) is 7.42. The van der Waals surface area contributed by atoms with Crippen molar-refractivity contribution in [1.29, 1.82) is 0 Å². The van der Waals surface area contributed by atoms with Crippen molar-refractivity contribution in [3.05, 3.63) is 53.6 Å². The number of hydrogen-bond acceptors (Lipinski definition) is 4. The number of carbonyl (C=O) groups excluding carboxylic acids is 1. The summed E-state index contributed by atoms with van der Waals surface area (Å²) in [6, 6.07) is 12.8. The molecular weight excluding hydrogens is 278 g/mol. The molecule has 1 atom stereocenters. The van der Waals surface area contributed by atoms with Crippen molar-refractivity contribution >= 4 is 11.7 Å². The third-order valence-electron chi connectivity index (χ3n) is 4.11. The molecule has 0 saturated carbocycles. The Hall–Kier alpha value is -2.49. The number of carbonyl (C=O) groups is 1. The van der Waals surface area contributed by atoms with Crippen LogP contribution < -0.4 is 15.2 Å². The van der Waals surface area contributed by atoms with Crippen molar-refractivity contribution < 1.29 is 14.3 Å². The van der Waals surface area contributed by atoms with Crippen LogP contribution in [0.2, 0.25) is 0 Å². The Morgan fingerprint density at radius 3 is 2.59 bits per heavy atom. The van der Waals surface area contributed by atoms with E-state index >= 15 is 0 Å². The zero-order valence-electron chi connectivity index (χ0n) is 12.5. The number of nitrogen functional groups attached to an aromatic ring is 1. The summed E-state index contributed by atoms with van der Waals surface area (Å²) < 4.78 is 10.6. The number of benzene rings is 2. The highest BCUT2D eigenvalue weighted by atomic mass is 16.5. The number of ether oxygens (including phenoxy) is 2. The molecule has 0 aromatic heterocycles. The zero-order chi connectivity index (χ0) is 15.5. The first-order chi connectivity index (χ1) is 10.7. The highest BCUT2D eigenvalue weighted by molar-refractivity contribution is 5.82. The van der Waals surface area contributed by atoms with Crippen molar-refractivity contribution in [2.45, 2.75) is 25.2 Å². The lowest BCUT2D eigenvalue weighted by Crippen LogP contribution is -2.23. The predicted octanol–water partition coefficient (Wildman–Crippen LogP) is 3.30. The molecule has 2 N–H and O–H groups in total. The van der Waals surface area contributed by atoms with Gasteiger partial charge in [0.1, 0.15) is 11.5 Å². The first kappa shape index (κ1) is 14.4. The topological polar surface area (TPSA) is 61.5 Å². The van der Waals surface area contributed by atoms with E-state index in [1.807, 2.05) is 18.2 Å². The van der Waals surface area contributed by atoms with Crippen LogP contribution in [-0.4, -0.2) is 13.1 Å². The molecule has 114 valence electrons. The molecule has 4 nitrogen and oxygen atoms in total. The Balaban J connectivity index is 1.80. The number of nitrogens with two attached hydrogens (primary N) is 1. The summed E-state index contributed by atoms with van der Waals surface area (Å²) in [4.78, 5) is 12.5. The van der Waals surface area contributed by atoms with Gasteiger partial charge in [-0.05, 0) is 60.7 Å². The molecule has 1 aliphatic carbocycles. The molecule has 0 fully saturated rings.